The van der Waals surface area contributed by atoms with Gasteiger partial charge in [0, 0.05) is 19.7 Å². The van der Waals surface area contributed by atoms with Crippen LogP contribution >= 0.6 is 0 Å². The molecule has 0 spiro atoms. The maximum atomic E-state index is 14.2. The molecule has 9 heteroatoms. The zero-order valence-electron chi connectivity index (χ0n) is 14.3. The van der Waals surface area contributed by atoms with Crippen LogP contribution in [0.3, 0.4) is 0 Å². The van der Waals surface area contributed by atoms with E-state index >= 15 is 0 Å². The summed E-state index contributed by atoms with van der Waals surface area (Å²) in [5.74, 6) is -7.25. The minimum Gasteiger partial charge on any atom is -0.497 e. The molecule has 0 atom stereocenters. The second kappa shape index (κ2) is 7.63. The number of rotatable bonds is 6. The highest BCUT2D eigenvalue weighted by molar-refractivity contribution is 7.89. The minimum atomic E-state index is -4.52. The van der Waals surface area contributed by atoms with Gasteiger partial charge in [0.05, 0.1) is 7.11 Å². The molecule has 0 N–H and O–H groups in total. The van der Waals surface area contributed by atoms with Gasteiger partial charge in [-0.15, -0.1) is 0 Å². The topological polar surface area (TPSA) is 46.6 Å². The van der Waals surface area contributed by atoms with Crippen LogP contribution < -0.4 is 4.74 Å². The second-order valence-corrected chi connectivity index (χ2v) is 7.79. The van der Waals surface area contributed by atoms with Crippen LogP contribution in [0.4, 0.5) is 17.6 Å². The van der Waals surface area contributed by atoms with E-state index in [1.807, 2.05) is 0 Å². The first-order chi connectivity index (χ1) is 12.1. The largest absolute Gasteiger partial charge is 0.497 e. The van der Waals surface area contributed by atoms with Gasteiger partial charge in [-0.05, 0) is 30.5 Å². The van der Waals surface area contributed by atoms with Gasteiger partial charge >= 0.3 is 0 Å². The van der Waals surface area contributed by atoms with Crippen LogP contribution in [0.15, 0.2) is 29.2 Å². The van der Waals surface area contributed by atoms with Gasteiger partial charge in [0.25, 0.3) is 0 Å². The first kappa shape index (κ1) is 20.2. The van der Waals surface area contributed by atoms with Crippen molar-refractivity contribution in [2.45, 2.75) is 17.7 Å². The zero-order valence-corrected chi connectivity index (χ0v) is 15.1. The van der Waals surface area contributed by atoms with Crippen molar-refractivity contribution in [2.75, 3.05) is 21.2 Å². The Morgan fingerprint density at radius 3 is 1.92 bits per heavy atom. The number of benzene rings is 2. The summed E-state index contributed by atoms with van der Waals surface area (Å²) in [6, 6.07) is 6.56. The molecular formula is C17H17F4NO3S. The molecule has 142 valence electrons. The highest BCUT2D eigenvalue weighted by Crippen LogP contribution is 2.30. The molecule has 0 aliphatic heterocycles. The van der Waals surface area contributed by atoms with Gasteiger partial charge in [0.2, 0.25) is 10.0 Å². The first-order valence-corrected chi connectivity index (χ1v) is 8.95. The standard InChI is InChI=1S/C17H17F4NO3S/c1-22(2)26(23,24)17-12(13(18)14(19)15(20)16(17)21)9-6-10-4-7-11(25-3)8-5-10/h4-5,7-8H,6,9H2,1-3H3. The number of sulfonamides is 1. The second-order valence-electron chi connectivity index (χ2n) is 5.70. The Labute approximate surface area is 149 Å². The summed E-state index contributed by atoms with van der Waals surface area (Å²) >= 11 is 0. The maximum Gasteiger partial charge on any atom is 0.245 e. The number of ether oxygens (including phenoxy) is 1. The average molecular weight is 391 g/mol. The van der Waals surface area contributed by atoms with Crippen molar-refractivity contribution >= 4 is 10.0 Å². The Balaban J connectivity index is 2.52. The van der Waals surface area contributed by atoms with Gasteiger partial charge in [-0.1, -0.05) is 12.1 Å². The molecule has 4 nitrogen and oxygen atoms in total. The summed E-state index contributed by atoms with van der Waals surface area (Å²) in [7, 11) is -0.875. The van der Waals surface area contributed by atoms with Gasteiger partial charge < -0.3 is 4.74 Å². The number of hydrogen-bond donors (Lipinski definition) is 0. The molecule has 26 heavy (non-hydrogen) atoms. The average Bonchev–Trinajstić information content (AvgIpc) is 2.61. The van der Waals surface area contributed by atoms with E-state index in [1.54, 1.807) is 24.3 Å². The van der Waals surface area contributed by atoms with E-state index < -0.39 is 43.8 Å². The molecule has 0 amide bonds. The summed E-state index contributed by atoms with van der Waals surface area (Å²) in [4.78, 5) is -1.19. The molecule has 0 unspecified atom stereocenters. The van der Waals surface area contributed by atoms with Gasteiger partial charge in [0.1, 0.15) is 10.6 Å². The van der Waals surface area contributed by atoms with E-state index in [9.17, 15) is 26.0 Å². The molecule has 0 saturated heterocycles. The van der Waals surface area contributed by atoms with Crippen molar-refractivity contribution in [3.63, 3.8) is 0 Å². The molecular weight excluding hydrogens is 374 g/mol. The molecule has 2 rings (SSSR count). The molecule has 0 radical (unpaired) electrons. The maximum absolute atomic E-state index is 14.2. The van der Waals surface area contributed by atoms with Gasteiger partial charge in [-0.3, -0.25) is 0 Å². The third-order valence-electron chi connectivity index (χ3n) is 3.88. The summed E-state index contributed by atoms with van der Waals surface area (Å²) in [6.07, 6.45) is -0.254. The lowest BCUT2D eigenvalue weighted by Crippen LogP contribution is -2.26. The highest BCUT2D eigenvalue weighted by Gasteiger charge is 2.33. The van der Waals surface area contributed by atoms with Crippen molar-refractivity contribution < 1.29 is 30.7 Å². The summed E-state index contributed by atoms with van der Waals surface area (Å²) in [5, 5.41) is 0. The Hall–Kier alpha value is -2.13. The van der Waals surface area contributed by atoms with E-state index in [0.717, 1.165) is 14.1 Å². The predicted molar refractivity (Wildman–Crippen MR) is 87.5 cm³/mol. The highest BCUT2D eigenvalue weighted by atomic mass is 32.2. The van der Waals surface area contributed by atoms with Crippen LogP contribution in [-0.4, -0.2) is 33.9 Å². The fourth-order valence-corrected chi connectivity index (χ4v) is 3.58. The summed E-state index contributed by atoms with van der Waals surface area (Å²) in [6.45, 7) is 0. The van der Waals surface area contributed by atoms with E-state index in [4.69, 9.17) is 4.74 Å². The third-order valence-corrected chi connectivity index (χ3v) is 5.78. The van der Waals surface area contributed by atoms with Crippen molar-refractivity contribution in [3.05, 3.63) is 58.7 Å². The molecule has 0 heterocycles. The molecule has 0 saturated carbocycles. The zero-order chi connectivity index (χ0) is 19.6. The molecule has 2 aromatic rings. The van der Waals surface area contributed by atoms with Crippen molar-refractivity contribution in [1.82, 2.24) is 4.31 Å². The van der Waals surface area contributed by atoms with Crippen molar-refractivity contribution in [1.29, 1.82) is 0 Å². The lowest BCUT2D eigenvalue weighted by molar-refractivity contribution is 0.386. The van der Waals surface area contributed by atoms with Gasteiger partial charge in [-0.2, -0.15) is 0 Å². The van der Waals surface area contributed by atoms with Crippen LogP contribution in [0.25, 0.3) is 0 Å². The Morgan fingerprint density at radius 1 is 0.885 bits per heavy atom. The SMILES string of the molecule is COc1ccc(CCc2c(F)c(F)c(F)c(F)c2S(=O)(=O)N(C)C)cc1. The first-order valence-electron chi connectivity index (χ1n) is 7.51. The molecule has 0 aliphatic rings. The Morgan fingerprint density at radius 2 is 1.42 bits per heavy atom. The van der Waals surface area contributed by atoms with Crippen LogP contribution in [0.2, 0.25) is 0 Å². The fourth-order valence-electron chi connectivity index (χ4n) is 2.39. The number of aryl methyl sites for hydroxylation is 1. The fraction of sp³-hybridized carbons (Fsp3) is 0.294. The monoisotopic (exact) mass is 391 g/mol. The lowest BCUT2D eigenvalue weighted by Gasteiger charge is -2.17. The smallest absolute Gasteiger partial charge is 0.245 e. The summed E-state index contributed by atoms with van der Waals surface area (Å²) < 4.78 is 85.8. The predicted octanol–water partition coefficient (Wildman–Crippen LogP) is 3.29. The van der Waals surface area contributed by atoms with Crippen molar-refractivity contribution in [2.24, 2.45) is 0 Å². The number of halogens is 4. The lowest BCUT2D eigenvalue weighted by atomic mass is 10.0. The normalized spacial score (nSPS) is 11.8. The minimum absolute atomic E-state index is 0.0847. The Kier molecular flexibility index (Phi) is 5.92. The number of methoxy groups -OCH3 is 1. The van der Waals surface area contributed by atoms with Crippen molar-refractivity contribution in [3.8, 4) is 5.75 Å². The third kappa shape index (κ3) is 3.68. The van der Waals surface area contributed by atoms with Gasteiger partial charge in [0.15, 0.2) is 23.3 Å². The number of hydrogen-bond acceptors (Lipinski definition) is 3. The van der Waals surface area contributed by atoms with E-state index in [2.05, 4.69) is 0 Å². The molecule has 0 aromatic heterocycles. The van der Waals surface area contributed by atoms with E-state index in [0.29, 0.717) is 15.6 Å². The van der Waals surface area contributed by atoms with Crippen LogP contribution in [-0.2, 0) is 22.9 Å². The quantitative estimate of drug-likeness (QED) is 0.431. The number of nitrogens with zero attached hydrogens (tertiary/aromatic N) is 1. The molecule has 0 aliphatic carbocycles. The summed E-state index contributed by atoms with van der Waals surface area (Å²) in [5.41, 5.74) is -0.0746. The van der Waals surface area contributed by atoms with Crippen LogP contribution in [0, 0.1) is 23.3 Å². The Bertz CT molecular complexity index is 913. The van der Waals surface area contributed by atoms with Crippen LogP contribution in [0.1, 0.15) is 11.1 Å². The van der Waals surface area contributed by atoms with Gasteiger partial charge in [-0.25, -0.2) is 30.3 Å². The van der Waals surface area contributed by atoms with E-state index in [1.165, 1.54) is 7.11 Å². The van der Waals surface area contributed by atoms with E-state index in [-0.39, 0.29) is 12.8 Å². The molecule has 2 aromatic carbocycles. The molecule has 0 bridgehead atoms. The van der Waals surface area contributed by atoms with Crippen LogP contribution in [0.5, 0.6) is 5.75 Å². The molecule has 0 fully saturated rings.